The molecular formula is C24H30ClN3O4. The maximum absolute atomic E-state index is 12.2. The quantitative estimate of drug-likeness (QED) is 0.516. The molecule has 0 aliphatic rings. The Morgan fingerprint density at radius 1 is 0.906 bits per heavy atom. The lowest BCUT2D eigenvalue weighted by Gasteiger charge is -2.19. The molecule has 2 aromatic carbocycles. The van der Waals surface area contributed by atoms with Crippen molar-refractivity contribution in [1.29, 1.82) is 0 Å². The fourth-order valence-electron chi connectivity index (χ4n) is 2.76. The number of rotatable bonds is 9. The smallest absolute Gasteiger partial charge is 0.407 e. The zero-order valence-electron chi connectivity index (χ0n) is 18.7. The van der Waals surface area contributed by atoms with Gasteiger partial charge in [0.05, 0.1) is 0 Å². The fraction of sp³-hybridized carbons (Fsp3) is 0.375. The normalized spacial score (nSPS) is 10.9. The van der Waals surface area contributed by atoms with Gasteiger partial charge < -0.3 is 20.7 Å². The Hall–Kier alpha value is -3.06. The molecule has 3 N–H and O–H groups in total. The van der Waals surface area contributed by atoms with Gasteiger partial charge in [0.1, 0.15) is 5.60 Å². The minimum Gasteiger partial charge on any atom is -0.444 e. The molecule has 0 aliphatic carbocycles. The first-order valence-electron chi connectivity index (χ1n) is 10.5. The topological polar surface area (TPSA) is 96.5 Å². The van der Waals surface area contributed by atoms with E-state index in [0.29, 0.717) is 30.1 Å². The monoisotopic (exact) mass is 459 g/mol. The molecule has 3 amide bonds. The summed E-state index contributed by atoms with van der Waals surface area (Å²) in [6.45, 7) is 5.87. The molecule has 32 heavy (non-hydrogen) atoms. The van der Waals surface area contributed by atoms with Gasteiger partial charge in [-0.25, -0.2) is 4.79 Å². The van der Waals surface area contributed by atoms with Gasteiger partial charge in [-0.3, -0.25) is 9.59 Å². The fourth-order valence-corrected chi connectivity index (χ4v) is 2.99. The van der Waals surface area contributed by atoms with E-state index in [9.17, 15) is 14.4 Å². The lowest BCUT2D eigenvalue weighted by molar-refractivity contribution is -0.121. The van der Waals surface area contributed by atoms with E-state index < -0.39 is 11.7 Å². The zero-order chi connectivity index (χ0) is 23.6. The standard InChI is InChI=1S/C24H30ClN3O4/c1-24(2,3)32-23(31)26-15-14-21(29)27-16-17-8-11-19(12-9-17)28-22(30)13-10-18-6-4-5-7-20(18)25/h4-9,11-12H,10,13-16H2,1-3H3,(H,26,31)(H,27,29)(H,28,30). The molecule has 0 atom stereocenters. The van der Waals surface area contributed by atoms with Crippen LogP contribution in [0.1, 0.15) is 44.7 Å². The van der Waals surface area contributed by atoms with Gasteiger partial charge in [0.2, 0.25) is 11.8 Å². The molecule has 0 aliphatic heterocycles. The number of hydrogen-bond acceptors (Lipinski definition) is 4. The van der Waals surface area contributed by atoms with Crippen LogP contribution in [0.5, 0.6) is 0 Å². The van der Waals surface area contributed by atoms with Crippen molar-refractivity contribution in [3.63, 3.8) is 0 Å². The number of hydrogen-bond donors (Lipinski definition) is 3. The van der Waals surface area contributed by atoms with Gasteiger partial charge in [-0.05, 0) is 56.5 Å². The highest BCUT2D eigenvalue weighted by atomic mass is 35.5. The van der Waals surface area contributed by atoms with Crippen LogP contribution >= 0.6 is 11.6 Å². The first-order valence-corrected chi connectivity index (χ1v) is 10.9. The number of halogens is 1. The van der Waals surface area contributed by atoms with E-state index >= 15 is 0 Å². The molecule has 0 heterocycles. The summed E-state index contributed by atoms with van der Waals surface area (Å²) in [6.07, 6.45) is 0.505. The Morgan fingerprint density at radius 2 is 1.59 bits per heavy atom. The minimum absolute atomic E-state index is 0.0940. The highest BCUT2D eigenvalue weighted by molar-refractivity contribution is 6.31. The molecule has 0 aromatic heterocycles. The van der Waals surface area contributed by atoms with Crippen LogP contribution in [0.4, 0.5) is 10.5 Å². The molecule has 0 bridgehead atoms. The number of benzene rings is 2. The van der Waals surface area contributed by atoms with E-state index in [1.54, 1.807) is 32.9 Å². The second-order valence-corrected chi connectivity index (χ2v) is 8.70. The van der Waals surface area contributed by atoms with Crippen molar-refractivity contribution in [2.45, 2.75) is 52.2 Å². The van der Waals surface area contributed by atoms with Crippen LogP contribution in [0.15, 0.2) is 48.5 Å². The van der Waals surface area contributed by atoms with Crippen LogP contribution < -0.4 is 16.0 Å². The average molecular weight is 460 g/mol. The molecule has 2 aromatic rings. The molecule has 0 saturated heterocycles. The Bertz CT molecular complexity index is 924. The van der Waals surface area contributed by atoms with Crippen molar-refractivity contribution in [3.05, 3.63) is 64.7 Å². The summed E-state index contributed by atoms with van der Waals surface area (Å²) in [4.78, 5) is 35.7. The lowest BCUT2D eigenvalue weighted by Crippen LogP contribution is -2.35. The van der Waals surface area contributed by atoms with Crippen LogP contribution in [-0.4, -0.2) is 30.1 Å². The summed E-state index contributed by atoms with van der Waals surface area (Å²) in [5.41, 5.74) is 1.95. The molecule has 7 nitrogen and oxygen atoms in total. The highest BCUT2D eigenvalue weighted by Gasteiger charge is 2.15. The van der Waals surface area contributed by atoms with Crippen LogP contribution in [0.25, 0.3) is 0 Å². The number of amides is 3. The second kappa shape index (κ2) is 12.1. The molecule has 0 unspecified atom stereocenters. The second-order valence-electron chi connectivity index (χ2n) is 8.29. The van der Waals surface area contributed by atoms with Gasteiger partial charge >= 0.3 is 6.09 Å². The summed E-state index contributed by atoms with van der Waals surface area (Å²) in [6, 6.07) is 14.7. The molecule has 2 rings (SSSR count). The van der Waals surface area contributed by atoms with Gasteiger partial charge in [0.15, 0.2) is 0 Å². The van der Waals surface area contributed by atoms with E-state index in [-0.39, 0.29) is 24.8 Å². The van der Waals surface area contributed by atoms with Crippen LogP contribution in [0.2, 0.25) is 5.02 Å². The largest absolute Gasteiger partial charge is 0.444 e. The number of nitrogens with one attached hydrogen (secondary N) is 3. The van der Waals surface area contributed by atoms with Crippen LogP contribution in [-0.2, 0) is 27.3 Å². The molecular weight excluding hydrogens is 430 g/mol. The number of anilines is 1. The Balaban J connectivity index is 1.67. The van der Waals surface area contributed by atoms with E-state index in [1.807, 2.05) is 36.4 Å². The Morgan fingerprint density at radius 3 is 2.25 bits per heavy atom. The third-order valence-corrected chi connectivity index (χ3v) is 4.70. The van der Waals surface area contributed by atoms with Crippen molar-refractivity contribution >= 4 is 35.2 Å². The Kier molecular flexibility index (Phi) is 9.53. The third kappa shape index (κ3) is 9.83. The van der Waals surface area contributed by atoms with Crippen molar-refractivity contribution in [3.8, 4) is 0 Å². The SMILES string of the molecule is CC(C)(C)OC(=O)NCCC(=O)NCc1ccc(NC(=O)CCc2ccccc2Cl)cc1. The van der Waals surface area contributed by atoms with Gasteiger partial charge in [-0.1, -0.05) is 41.9 Å². The van der Waals surface area contributed by atoms with Crippen molar-refractivity contribution in [2.75, 3.05) is 11.9 Å². The van der Waals surface area contributed by atoms with E-state index in [1.165, 1.54) is 0 Å². The number of carbonyl (C=O) groups excluding carboxylic acids is 3. The summed E-state index contributed by atoms with van der Waals surface area (Å²) < 4.78 is 5.11. The molecule has 0 spiro atoms. The summed E-state index contributed by atoms with van der Waals surface area (Å²) in [7, 11) is 0. The van der Waals surface area contributed by atoms with Gasteiger partial charge in [0.25, 0.3) is 0 Å². The van der Waals surface area contributed by atoms with E-state index in [2.05, 4.69) is 16.0 Å². The first-order chi connectivity index (χ1) is 15.1. The maximum Gasteiger partial charge on any atom is 0.407 e. The number of carbonyl (C=O) groups is 3. The number of aryl methyl sites for hydroxylation is 1. The first kappa shape index (κ1) is 25.2. The number of alkyl carbamates (subject to hydrolysis) is 1. The molecule has 0 saturated carbocycles. The van der Waals surface area contributed by atoms with Gasteiger partial charge in [-0.15, -0.1) is 0 Å². The van der Waals surface area contributed by atoms with E-state index in [4.69, 9.17) is 16.3 Å². The van der Waals surface area contributed by atoms with Crippen molar-refractivity contribution in [2.24, 2.45) is 0 Å². The molecule has 0 radical (unpaired) electrons. The predicted octanol–water partition coefficient (Wildman–Crippen LogP) is 4.44. The Labute approximate surface area is 193 Å². The predicted molar refractivity (Wildman–Crippen MR) is 126 cm³/mol. The summed E-state index contributed by atoms with van der Waals surface area (Å²) >= 11 is 6.12. The average Bonchev–Trinajstić information content (AvgIpc) is 2.71. The minimum atomic E-state index is -0.576. The maximum atomic E-state index is 12.2. The van der Waals surface area contributed by atoms with Crippen LogP contribution in [0.3, 0.4) is 0 Å². The third-order valence-electron chi connectivity index (χ3n) is 4.33. The lowest BCUT2D eigenvalue weighted by atomic mass is 10.1. The molecule has 0 fully saturated rings. The van der Waals surface area contributed by atoms with Gasteiger partial charge in [0, 0.05) is 36.6 Å². The van der Waals surface area contributed by atoms with E-state index in [0.717, 1.165) is 11.1 Å². The number of ether oxygens (including phenoxy) is 1. The highest BCUT2D eigenvalue weighted by Crippen LogP contribution is 2.17. The van der Waals surface area contributed by atoms with Crippen molar-refractivity contribution < 1.29 is 19.1 Å². The van der Waals surface area contributed by atoms with Gasteiger partial charge in [-0.2, -0.15) is 0 Å². The molecule has 8 heteroatoms. The summed E-state index contributed by atoms with van der Waals surface area (Å²) in [5, 5.41) is 8.86. The zero-order valence-corrected chi connectivity index (χ0v) is 19.4. The summed E-state index contributed by atoms with van der Waals surface area (Å²) in [5.74, 6) is -0.276. The van der Waals surface area contributed by atoms with Crippen molar-refractivity contribution in [1.82, 2.24) is 10.6 Å². The molecule has 172 valence electrons. The van der Waals surface area contributed by atoms with Crippen LogP contribution in [0, 0.1) is 0 Å².